The highest BCUT2D eigenvalue weighted by Crippen LogP contribution is 2.35. The van der Waals surface area contributed by atoms with Crippen molar-refractivity contribution in [2.24, 2.45) is 5.92 Å². The number of likely N-dealkylation sites (tertiary alicyclic amines) is 1. The molecule has 0 radical (unpaired) electrons. The van der Waals surface area contributed by atoms with Gasteiger partial charge in [0, 0.05) is 35.2 Å². The van der Waals surface area contributed by atoms with Gasteiger partial charge in [0.25, 0.3) is 0 Å². The van der Waals surface area contributed by atoms with Crippen LogP contribution < -0.4 is 5.73 Å². The highest BCUT2D eigenvalue weighted by atomic mass is 35.5. The zero-order chi connectivity index (χ0) is 22.2. The van der Waals surface area contributed by atoms with Gasteiger partial charge in [-0.3, -0.25) is 9.78 Å². The second kappa shape index (κ2) is 8.30. The molecular formula is C25H22ClN5O. The van der Waals surface area contributed by atoms with Crippen LogP contribution in [0.4, 0.5) is 5.82 Å². The van der Waals surface area contributed by atoms with E-state index in [9.17, 15) is 4.79 Å². The third-order valence-electron chi connectivity index (χ3n) is 5.90. The predicted octanol–water partition coefficient (Wildman–Crippen LogP) is 4.73. The van der Waals surface area contributed by atoms with E-state index in [2.05, 4.69) is 14.9 Å². The molecule has 0 saturated carbocycles. The Morgan fingerprint density at radius 3 is 2.59 bits per heavy atom. The number of halogens is 1. The molecule has 0 bridgehead atoms. The molecular weight excluding hydrogens is 422 g/mol. The number of carbonyl (C=O) groups excluding carboxylic acids is 1. The molecule has 0 amide bonds. The highest BCUT2D eigenvalue weighted by molar-refractivity contribution is 6.35. The first-order valence-corrected chi connectivity index (χ1v) is 10.9. The van der Waals surface area contributed by atoms with E-state index in [0.29, 0.717) is 28.5 Å². The number of ketones is 1. The molecule has 6 nitrogen and oxygen atoms in total. The van der Waals surface area contributed by atoms with Gasteiger partial charge in [0.2, 0.25) is 0 Å². The molecule has 32 heavy (non-hydrogen) atoms. The topological polar surface area (TPSA) is 85.0 Å². The highest BCUT2D eigenvalue weighted by Gasteiger charge is 2.30. The summed E-state index contributed by atoms with van der Waals surface area (Å²) < 4.78 is 0. The van der Waals surface area contributed by atoms with E-state index in [-0.39, 0.29) is 23.2 Å². The van der Waals surface area contributed by atoms with Gasteiger partial charge in [0.1, 0.15) is 5.69 Å². The third kappa shape index (κ3) is 3.72. The Bertz CT molecular complexity index is 1320. The van der Waals surface area contributed by atoms with Crippen LogP contribution in [0.25, 0.3) is 33.4 Å². The van der Waals surface area contributed by atoms with E-state index >= 15 is 0 Å². The Kier molecular flexibility index (Phi) is 5.33. The Balaban J connectivity index is 1.71. The minimum atomic E-state index is -0.128. The van der Waals surface area contributed by atoms with Crippen molar-refractivity contribution in [2.45, 2.75) is 6.42 Å². The average Bonchev–Trinajstić information content (AvgIpc) is 3.25. The Labute approximate surface area is 191 Å². The molecule has 7 heteroatoms. The molecule has 2 aromatic heterocycles. The number of hydrogen-bond donors (Lipinski definition) is 1. The van der Waals surface area contributed by atoms with Crippen LogP contribution in [0.5, 0.6) is 0 Å². The van der Waals surface area contributed by atoms with Crippen LogP contribution in [0.15, 0.2) is 60.8 Å². The lowest BCUT2D eigenvalue weighted by atomic mass is 9.98. The molecule has 0 aliphatic carbocycles. The van der Waals surface area contributed by atoms with Gasteiger partial charge in [0.15, 0.2) is 11.6 Å². The summed E-state index contributed by atoms with van der Waals surface area (Å²) in [7, 11) is 2.01. The van der Waals surface area contributed by atoms with Crippen LogP contribution in [-0.2, 0) is 0 Å². The maximum absolute atomic E-state index is 13.3. The van der Waals surface area contributed by atoms with Crippen molar-refractivity contribution in [3.05, 3.63) is 71.5 Å². The number of hydrogen-bond acceptors (Lipinski definition) is 6. The van der Waals surface area contributed by atoms with Crippen molar-refractivity contribution in [3.63, 3.8) is 0 Å². The lowest BCUT2D eigenvalue weighted by Crippen LogP contribution is -2.22. The average molecular weight is 444 g/mol. The molecule has 1 aliphatic rings. The Morgan fingerprint density at radius 1 is 1.06 bits per heavy atom. The fourth-order valence-electron chi connectivity index (χ4n) is 4.26. The lowest BCUT2D eigenvalue weighted by Gasteiger charge is -2.15. The van der Waals surface area contributed by atoms with Crippen molar-refractivity contribution in [3.8, 4) is 22.5 Å². The van der Waals surface area contributed by atoms with Gasteiger partial charge in [-0.25, -0.2) is 9.97 Å². The molecule has 1 saturated heterocycles. The smallest absolute Gasteiger partial charge is 0.189 e. The summed E-state index contributed by atoms with van der Waals surface area (Å²) in [5.74, 6) is -0.0362. The number of benzene rings is 2. The second-order valence-corrected chi connectivity index (χ2v) is 8.57. The summed E-state index contributed by atoms with van der Waals surface area (Å²) in [6, 6.07) is 17.3. The molecule has 2 aromatic carbocycles. The predicted molar refractivity (Wildman–Crippen MR) is 128 cm³/mol. The molecule has 3 heterocycles. The summed E-state index contributed by atoms with van der Waals surface area (Å²) in [6.07, 6.45) is 2.50. The number of pyridine rings is 1. The number of nitrogens with two attached hydrogens (primary N) is 1. The van der Waals surface area contributed by atoms with Crippen molar-refractivity contribution < 1.29 is 4.79 Å². The van der Waals surface area contributed by atoms with E-state index in [1.54, 1.807) is 6.20 Å². The molecule has 2 N–H and O–H groups in total. The standard InChI is InChI=1S/C25H22ClN5O/c1-31-11-9-17(14-31)24(32)23-25(27)30-21(15-6-3-2-4-7-15)22(29-23)18-12-16-8-5-10-28-20(16)19(26)13-18/h2-8,10,12-13,17H,9,11,14H2,1H3,(H2,27,30). The largest absolute Gasteiger partial charge is 0.382 e. The normalized spacial score (nSPS) is 16.5. The minimum absolute atomic E-state index is 0.0613. The zero-order valence-electron chi connectivity index (χ0n) is 17.6. The van der Waals surface area contributed by atoms with Crippen molar-refractivity contribution >= 4 is 34.1 Å². The summed E-state index contributed by atoms with van der Waals surface area (Å²) in [5.41, 5.74) is 10.0. The quantitative estimate of drug-likeness (QED) is 0.459. The molecule has 1 fully saturated rings. The summed E-state index contributed by atoms with van der Waals surface area (Å²) >= 11 is 6.56. The van der Waals surface area contributed by atoms with Crippen LogP contribution in [0.3, 0.4) is 0 Å². The molecule has 1 unspecified atom stereocenters. The fourth-order valence-corrected chi connectivity index (χ4v) is 4.53. The Morgan fingerprint density at radius 2 is 1.84 bits per heavy atom. The summed E-state index contributed by atoms with van der Waals surface area (Å²) in [5, 5.41) is 1.40. The SMILES string of the molecule is CN1CCC(C(=O)c2nc(-c3cc(Cl)c4ncccc4c3)c(-c3ccccc3)nc2N)C1. The summed E-state index contributed by atoms with van der Waals surface area (Å²) in [6.45, 7) is 1.58. The number of carbonyl (C=O) groups is 1. The van der Waals surface area contributed by atoms with Crippen molar-refractivity contribution in [1.82, 2.24) is 19.9 Å². The number of anilines is 1. The number of Topliss-reactive ketones (excluding diaryl/α,β-unsaturated/α-hetero) is 1. The first kappa shape index (κ1) is 20.5. The Hall–Kier alpha value is -3.35. The van der Waals surface area contributed by atoms with E-state index < -0.39 is 0 Å². The number of fused-ring (bicyclic) bond motifs is 1. The van der Waals surface area contributed by atoms with Crippen LogP contribution in [-0.4, -0.2) is 45.8 Å². The van der Waals surface area contributed by atoms with E-state index in [4.69, 9.17) is 22.3 Å². The second-order valence-electron chi connectivity index (χ2n) is 8.17. The number of nitrogens with zero attached hydrogens (tertiary/aromatic N) is 4. The summed E-state index contributed by atoms with van der Waals surface area (Å²) in [4.78, 5) is 29.3. The number of aromatic nitrogens is 3. The van der Waals surface area contributed by atoms with Crippen LogP contribution >= 0.6 is 11.6 Å². The van der Waals surface area contributed by atoms with Crippen molar-refractivity contribution in [2.75, 3.05) is 25.9 Å². The van der Waals surface area contributed by atoms with Crippen LogP contribution in [0.2, 0.25) is 5.02 Å². The van der Waals surface area contributed by atoms with Gasteiger partial charge in [-0.05, 0) is 38.2 Å². The monoisotopic (exact) mass is 443 g/mol. The number of nitrogen functional groups attached to an aromatic ring is 1. The first-order valence-electron chi connectivity index (χ1n) is 10.5. The third-order valence-corrected chi connectivity index (χ3v) is 6.19. The van der Waals surface area contributed by atoms with E-state index in [1.165, 1.54) is 0 Å². The molecule has 1 atom stereocenters. The maximum Gasteiger partial charge on any atom is 0.189 e. The zero-order valence-corrected chi connectivity index (χ0v) is 18.4. The molecule has 160 valence electrons. The van der Waals surface area contributed by atoms with Gasteiger partial charge in [-0.1, -0.05) is 48.0 Å². The van der Waals surface area contributed by atoms with Gasteiger partial charge in [-0.2, -0.15) is 0 Å². The molecule has 1 aliphatic heterocycles. The maximum atomic E-state index is 13.3. The fraction of sp³-hybridized carbons (Fsp3) is 0.200. The van der Waals surface area contributed by atoms with Crippen LogP contribution in [0, 0.1) is 5.92 Å². The van der Waals surface area contributed by atoms with E-state index in [1.807, 2.05) is 61.6 Å². The van der Waals surface area contributed by atoms with Gasteiger partial charge < -0.3 is 10.6 Å². The first-order chi connectivity index (χ1) is 15.5. The van der Waals surface area contributed by atoms with Crippen LogP contribution in [0.1, 0.15) is 16.9 Å². The minimum Gasteiger partial charge on any atom is -0.382 e. The lowest BCUT2D eigenvalue weighted by molar-refractivity contribution is 0.0920. The van der Waals surface area contributed by atoms with Crippen molar-refractivity contribution in [1.29, 1.82) is 0 Å². The molecule has 0 spiro atoms. The van der Waals surface area contributed by atoms with Gasteiger partial charge in [0.05, 0.1) is 21.9 Å². The van der Waals surface area contributed by atoms with Gasteiger partial charge >= 0.3 is 0 Å². The van der Waals surface area contributed by atoms with E-state index in [0.717, 1.165) is 29.5 Å². The van der Waals surface area contributed by atoms with Gasteiger partial charge in [-0.15, -0.1) is 0 Å². The molecule has 5 rings (SSSR count). The molecule has 4 aromatic rings. The number of rotatable bonds is 4.